The SMILES string of the molecule is CC1(C)c2ccccc2Oc2c(N(c3cccc4c3Oc3ccccc3S4)c3cccc4c3Oc3ccccc3C4(C)C)cccc21. The van der Waals surface area contributed by atoms with Gasteiger partial charge in [-0.15, -0.1) is 0 Å². The van der Waals surface area contributed by atoms with Gasteiger partial charge in [0.1, 0.15) is 17.2 Å². The zero-order chi connectivity index (χ0) is 31.9. The summed E-state index contributed by atoms with van der Waals surface area (Å²) >= 11 is 1.73. The average Bonchev–Trinajstić information content (AvgIpc) is 3.08. The van der Waals surface area contributed by atoms with Crippen LogP contribution in [0.3, 0.4) is 0 Å². The van der Waals surface area contributed by atoms with Gasteiger partial charge in [0.05, 0.1) is 26.9 Å². The van der Waals surface area contributed by atoms with E-state index in [-0.39, 0.29) is 10.8 Å². The molecule has 0 aliphatic carbocycles. The molecule has 4 nitrogen and oxygen atoms in total. The zero-order valence-corrected chi connectivity index (χ0v) is 27.5. The topological polar surface area (TPSA) is 30.9 Å². The molecule has 3 aliphatic rings. The van der Waals surface area contributed by atoms with Crippen LogP contribution in [0.25, 0.3) is 0 Å². The van der Waals surface area contributed by atoms with Crippen molar-refractivity contribution in [2.24, 2.45) is 0 Å². The Hall–Kier alpha value is -5.13. The van der Waals surface area contributed by atoms with Crippen molar-refractivity contribution in [1.82, 2.24) is 0 Å². The monoisotopic (exact) mass is 631 g/mol. The molecule has 6 aromatic rings. The van der Waals surface area contributed by atoms with Crippen molar-refractivity contribution in [2.45, 2.75) is 48.3 Å². The molecule has 0 spiro atoms. The Morgan fingerprint density at radius 1 is 0.404 bits per heavy atom. The molecule has 0 aromatic heterocycles. The highest BCUT2D eigenvalue weighted by Crippen LogP contribution is 2.60. The van der Waals surface area contributed by atoms with E-state index in [0.717, 1.165) is 72.5 Å². The Morgan fingerprint density at radius 3 is 1.38 bits per heavy atom. The largest absolute Gasteiger partial charge is 0.455 e. The normalized spacial score (nSPS) is 15.6. The Bertz CT molecular complexity index is 2130. The molecule has 9 rings (SSSR count). The summed E-state index contributed by atoms with van der Waals surface area (Å²) in [5.74, 6) is 5.04. The number of fused-ring (bicyclic) bond motifs is 6. The second-order valence-corrected chi connectivity index (χ2v) is 14.4. The van der Waals surface area contributed by atoms with Crippen LogP contribution in [0.5, 0.6) is 34.5 Å². The highest BCUT2D eigenvalue weighted by molar-refractivity contribution is 7.99. The minimum absolute atomic E-state index is 0.277. The Kier molecular flexibility index (Phi) is 6.09. The summed E-state index contributed by atoms with van der Waals surface area (Å²) in [4.78, 5) is 4.43. The lowest BCUT2D eigenvalue weighted by atomic mass is 9.75. The van der Waals surface area contributed by atoms with Gasteiger partial charge in [0, 0.05) is 33.1 Å². The van der Waals surface area contributed by atoms with Gasteiger partial charge in [-0.1, -0.05) is 118 Å². The number of nitrogens with zero attached hydrogens (tertiary/aromatic N) is 1. The molecule has 0 atom stereocenters. The van der Waals surface area contributed by atoms with Gasteiger partial charge in [0.25, 0.3) is 0 Å². The fraction of sp³-hybridized carbons (Fsp3) is 0.143. The van der Waals surface area contributed by atoms with Crippen LogP contribution in [0.15, 0.2) is 137 Å². The smallest absolute Gasteiger partial charge is 0.165 e. The Morgan fingerprint density at radius 2 is 0.809 bits per heavy atom. The lowest BCUT2D eigenvalue weighted by Gasteiger charge is -2.40. The Labute approximate surface area is 279 Å². The van der Waals surface area contributed by atoms with E-state index in [9.17, 15) is 0 Å². The van der Waals surface area contributed by atoms with Crippen LogP contribution in [-0.4, -0.2) is 0 Å². The van der Waals surface area contributed by atoms with Crippen LogP contribution in [-0.2, 0) is 10.8 Å². The molecule has 0 fully saturated rings. The molecule has 6 aromatic carbocycles. The lowest BCUT2D eigenvalue weighted by Crippen LogP contribution is -2.27. The molecule has 0 unspecified atom stereocenters. The fourth-order valence-electron chi connectivity index (χ4n) is 7.35. The summed E-state index contributed by atoms with van der Waals surface area (Å²) < 4.78 is 20.5. The van der Waals surface area contributed by atoms with Gasteiger partial charge in [-0.2, -0.15) is 0 Å². The number of hydrogen-bond donors (Lipinski definition) is 0. The van der Waals surface area contributed by atoms with Crippen LogP contribution in [0.1, 0.15) is 49.9 Å². The van der Waals surface area contributed by atoms with Gasteiger partial charge in [0.2, 0.25) is 0 Å². The molecule has 3 heterocycles. The van der Waals surface area contributed by atoms with E-state index in [1.165, 1.54) is 11.1 Å². The number of anilines is 3. The van der Waals surface area contributed by atoms with Crippen molar-refractivity contribution in [1.29, 1.82) is 0 Å². The summed E-state index contributed by atoms with van der Waals surface area (Å²) in [6.45, 7) is 9.09. The molecular formula is C42H33NO3S. The third-order valence-corrected chi connectivity index (χ3v) is 10.9. The van der Waals surface area contributed by atoms with Gasteiger partial charge >= 0.3 is 0 Å². The maximum absolute atomic E-state index is 6.88. The van der Waals surface area contributed by atoms with E-state index in [1.807, 2.05) is 24.3 Å². The maximum atomic E-state index is 6.88. The molecule has 3 aliphatic heterocycles. The predicted molar refractivity (Wildman–Crippen MR) is 189 cm³/mol. The van der Waals surface area contributed by atoms with E-state index in [1.54, 1.807) is 11.8 Å². The molecule has 0 bridgehead atoms. The van der Waals surface area contributed by atoms with E-state index < -0.39 is 0 Å². The number of benzene rings is 6. The lowest BCUT2D eigenvalue weighted by molar-refractivity contribution is 0.416. The van der Waals surface area contributed by atoms with Crippen molar-refractivity contribution in [3.63, 3.8) is 0 Å². The first-order valence-corrected chi connectivity index (χ1v) is 16.8. The minimum atomic E-state index is -0.277. The van der Waals surface area contributed by atoms with Gasteiger partial charge in [-0.3, -0.25) is 4.90 Å². The summed E-state index contributed by atoms with van der Waals surface area (Å²) in [7, 11) is 0. The highest BCUT2D eigenvalue weighted by atomic mass is 32.2. The van der Waals surface area contributed by atoms with E-state index in [0.29, 0.717) is 0 Å². The van der Waals surface area contributed by atoms with Crippen LogP contribution < -0.4 is 19.1 Å². The fourth-order valence-corrected chi connectivity index (χ4v) is 8.33. The molecule has 0 amide bonds. The second kappa shape index (κ2) is 10.2. The molecule has 47 heavy (non-hydrogen) atoms. The summed E-state index contributed by atoms with van der Waals surface area (Å²) in [6.07, 6.45) is 0. The van der Waals surface area contributed by atoms with Crippen molar-refractivity contribution in [3.8, 4) is 34.5 Å². The predicted octanol–water partition coefficient (Wildman–Crippen LogP) is 12.3. The van der Waals surface area contributed by atoms with E-state index >= 15 is 0 Å². The van der Waals surface area contributed by atoms with Gasteiger partial charge in [0.15, 0.2) is 17.2 Å². The molecule has 0 N–H and O–H groups in total. The van der Waals surface area contributed by atoms with Crippen molar-refractivity contribution < 1.29 is 14.2 Å². The quantitative estimate of drug-likeness (QED) is 0.194. The average molecular weight is 632 g/mol. The molecule has 0 radical (unpaired) electrons. The number of hydrogen-bond acceptors (Lipinski definition) is 5. The minimum Gasteiger partial charge on any atom is -0.455 e. The van der Waals surface area contributed by atoms with Crippen LogP contribution in [0.2, 0.25) is 0 Å². The van der Waals surface area contributed by atoms with Crippen LogP contribution >= 0.6 is 11.8 Å². The summed E-state index contributed by atoms with van der Waals surface area (Å²) in [5.41, 5.74) is 6.78. The second-order valence-electron chi connectivity index (χ2n) is 13.3. The van der Waals surface area contributed by atoms with Crippen LogP contribution in [0, 0.1) is 0 Å². The molecule has 0 saturated heterocycles. The first kappa shape index (κ1) is 28.1. The van der Waals surface area contributed by atoms with E-state index in [2.05, 4.69) is 136 Å². The third-order valence-electron chi connectivity index (χ3n) is 9.84. The van der Waals surface area contributed by atoms with Crippen molar-refractivity contribution >= 4 is 28.8 Å². The number of ether oxygens (including phenoxy) is 3. The molecule has 5 heteroatoms. The first-order valence-electron chi connectivity index (χ1n) is 16.0. The van der Waals surface area contributed by atoms with Crippen LogP contribution in [0.4, 0.5) is 17.1 Å². The molecule has 230 valence electrons. The number of para-hydroxylation sites is 6. The standard InChI is InChI=1S/C42H33NO3S/c1-41(2)26-14-5-7-21-33(26)44-38-28(41)16-11-18-30(38)43(32-20-13-25-37-40(32)46-35-23-9-10-24-36(35)47-37)31-19-12-17-29-39(31)45-34-22-8-6-15-27(34)42(29,3)4/h5-25H,1-4H3. The maximum Gasteiger partial charge on any atom is 0.165 e. The molecule has 0 saturated carbocycles. The van der Waals surface area contributed by atoms with Crippen molar-refractivity contribution in [2.75, 3.05) is 4.90 Å². The summed E-state index contributed by atoms with van der Waals surface area (Å²) in [6, 6.07) is 44.2. The molecular weight excluding hydrogens is 599 g/mol. The van der Waals surface area contributed by atoms with Crippen molar-refractivity contribution in [3.05, 3.63) is 150 Å². The zero-order valence-electron chi connectivity index (χ0n) is 26.7. The number of rotatable bonds is 3. The van der Waals surface area contributed by atoms with Gasteiger partial charge < -0.3 is 14.2 Å². The van der Waals surface area contributed by atoms with E-state index in [4.69, 9.17) is 14.2 Å². The third kappa shape index (κ3) is 4.16. The first-order chi connectivity index (χ1) is 22.8. The Balaban J connectivity index is 1.32. The summed E-state index contributed by atoms with van der Waals surface area (Å²) in [5, 5.41) is 0. The highest BCUT2D eigenvalue weighted by Gasteiger charge is 2.40. The van der Waals surface area contributed by atoms with Gasteiger partial charge in [-0.25, -0.2) is 0 Å². The van der Waals surface area contributed by atoms with Gasteiger partial charge in [-0.05, 0) is 48.5 Å².